The lowest BCUT2D eigenvalue weighted by Crippen LogP contribution is -2.30. The summed E-state index contributed by atoms with van der Waals surface area (Å²) in [6.45, 7) is 0.440. The molecule has 0 unspecified atom stereocenters. The molecule has 1 aliphatic heterocycles. The third-order valence-corrected chi connectivity index (χ3v) is 6.85. The number of para-hydroxylation sites is 1. The molecule has 35 heavy (non-hydrogen) atoms. The summed E-state index contributed by atoms with van der Waals surface area (Å²) in [5.74, 6) is -0.613. The van der Waals surface area contributed by atoms with Crippen molar-refractivity contribution in [1.82, 2.24) is 0 Å². The van der Waals surface area contributed by atoms with Gasteiger partial charge in [-0.15, -0.1) is 0 Å². The molecule has 1 N–H and O–H groups in total. The Bertz CT molecular complexity index is 1470. The molecule has 0 saturated heterocycles. The number of nitrogens with zero attached hydrogens (tertiary/aromatic N) is 1. The van der Waals surface area contributed by atoms with Gasteiger partial charge in [-0.2, -0.15) is 0 Å². The number of halogens is 3. The highest BCUT2D eigenvalue weighted by Gasteiger charge is 2.26. The van der Waals surface area contributed by atoms with Gasteiger partial charge in [0.25, 0.3) is 11.8 Å². The van der Waals surface area contributed by atoms with E-state index in [1.807, 2.05) is 42.5 Å². The quantitative estimate of drug-likeness (QED) is 0.301. The smallest absolute Gasteiger partial charge is 0.260 e. The molecule has 0 atom stereocenters. The summed E-state index contributed by atoms with van der Waals surface area (Å²) in [5.41, 5.74) is 5.31. The minimum atomic E-state index is -0.403. The molecule has 0 radical (unpaired) electrons. The Kier molecular flexibility index (Phi) is 6.52. The molecule has 1 aliphatic rings. The highest BCUT2D eigenvalue weighted by molar-refractivity contribution is 6.37. The Balaban J connectivity index is 1.43. The van der Waals surface area contributed by atoms with Crippen molar-refractivity contribution in [3.8, 4) is 0 Å². The van der Waals surface area contributed by atoms with Crippen LogP contribution in [-0.2, 0) is 13.0 Å². The molecule has 4 aromatic carbocycles. The first kappa shape index (κ1) is 23.4. The number of nitrogens with one attached hydrogen (secondary N) is 1. The summed E-state index contributed by atoms with van der Waals surface area (Å²) < 4.78 is 0. The van der Waals surface area contributed by atoms with E-state index in [1.165, 1.54) is 11.6 Å². The van der Waals surface area contributed by atoms with Crippen molar-refractivity contribution in [2.45, 2.75) is 13.0 Å². The molecule has 0 fully saturated rings. The minimum Gasteiger partial charge on any atom is -0.322 e. The van der Waals surface area contributed by atoms with Gasteiger partial charge in [-0.1, -0.05) is 77.3 Å². The molecular weight excluding hydrogens is 503 g/mol. The highest BCUT2D eigenvalue weighted by atomic mass is 35.5. The number of hydrogen-bond donors (Lipinski definition) is 1. The average molecular weight is 522 g/mol. The van der Waals surface area contributed by atoms with Gasteiger partial charge >= 0.3 is 0 Å². The van der Waals surface area contributed by atoms with Gasteiger partial charge in [-0.25, -0.2) is 0 Å². The van der Waals surface area contributed by atoms with Gasteiger partial charge < -0.3 is 10.2 Å². The van der Waals surface area contributed by atoms with E-state index in [4.69, 9.17) is 34.8 Å². The van der Waals surface area contributed by atoms with Crippen molar-refractivity contribution in [3.63, 3.8) is 0 Å². The number of amides is 2. The van der Waals surface area contributed by atoms with Crippen LogP contribution in [0.1, 0.15) is 37.4 Å². The lowest BCUT2D eigenvalue weighted by atomic mass is 10.0. The number of rotatable bonds is 3. The topological polar surface area (TPSA) is 49.4 Å². The Morgan fingerprint density at radius 3 is 2.11 bits per heavy atom. The predicted molar refractivity (Wildman–Crippen MR) is 142 cm³/mol. The van der Waals surface area contributed by atoms with Crippen LogP contribution in [0.2, 0.25) is 15.1 Å². The van der Waals surface area contributed by atoms with E-state index in [2.05, 4.69) is 11.4 Å². The molecule has 5 rings (SSSR count). The first-order valence-electron chi connectivity index (χ1n) is 10.9. The Morgan fingerprint density at radius 2 is 1.37 bits per heavy atom. The fourth-order valence-electron chi connectivity index (χ4n) is 4.23. The largest absolute Gasteiger partial charge is 0.322 e. The number of fused-ring (bicyclic) bond motifs is 2. The van der Waals surface area contributed by atoms with Crippen LogP contribution in [0.5, 0.6) is 0 Å². The van der Waals surface area contributed by atoms with Crippen LogP contribution in [0, 0.1) is 0 Å². The first-order valence-corrected chi connectivity index (χ1v) is 12.1. The zero-order valence-electron chi connectivity index (χ0n) is 18.4. The molecule has 0 aliphatic carbocycles. The van der Waals surface area contributed by atoms with E-state index in [1.54, 1.807) is 35.2 Å². The molecule has 0 aromatic heterocycles. The second kappa shape index (κ2) is 9.74. The van der Waals surface area contributed by atoms with Gasteiger partial charge in [0, 0.05) is 16.4 Å². The number of carbonyl (C=O) groups is 2. The fraction of sp³-hybridized carbons (Fsp3) is 0.0714. The Hall–Kier alpha value is -3.31. The van der Waals surface area contributed by atoms with E-state index in [0.717, 1.165) is 23.2 Å². The van der Waals surface area contributed by atoms with Crippen molar-refractivity contribution < 1.29 is 9.59 Å². The Labute approximate surface area is 218 Å². The summed E-state index contributed by atoms with van der Waals surface area (Å²) in [6.07, 6.45) is 0.752. The zero-order chi connectivity index (χ0) is 24.5. The molecular formula is C28H19Cl3N2O2. The maximum absolute atomic E-state index is 13.7. The van der Waals surface area contributed by atoms with E-state index < -0.39 is 5.91 Å². The number of anilines is 2. The molecule has 174 valence electrons. The second-order valence-corrected chi connectivity index (χ2v) is 9.49. The van der Waals surface area contributed by atoms with Gasteiger partial charge in [0.1, 0.15) is 0 Å². The van der Waals surface area contributed by atoms with Crippen molar-refractivity contribution in [3.05, 3.63) is 128 Å². The molecule has 2 amide bonds. The maximum atomic E-state index is 13.7. The monoisotopic (exact) mass is 520 g/mol. The summed E-state index contributed by atoms with van der Waals surface area (Å²) in [5, 5.41) is 3.69. The lowest BCUT2D eigenvalue weighted by Gasteiger charge is -2.24. The van der Waals surface area contributed by atoms with Gasteiger partial charge in [-0.3, -0.25) is 9.59 Å². The van der Waals surface area contributed by atoms with E-state index >= 15 is 0 Å². The molecule has 0 saturated carbocycles. The molecule has 4 aromatic rings. The second-order valence-electron chi connectivity index (χ2n) is 8.24. The Morgan fingerprint density at radius 1 is 0.714 bits per heavy atom. The molecule has 7 heteroatoms. The molecule has 0 bridgehead atoms. The highest BCUT2D eigenvalue weighted by Crippen LogP contribution is 2.33. The zero-order valence-corrected chi connectivity index (χ0v) is 20.7. The predicted octanol–water partition coefficient (Wildman–Crippen LogP) is 7.65. The van der Waals surface area contributed by atoms with Crippen molar-refractivity contribution in [2.24, 2.45) is 0 Å². The number of carbonyl (C=O) groups excluding carboxylic acids is 2. The minimum absolute atomic E-state index is 0.210. The van der Waals surface area contributed by atoms with Crippen LogP contribution in [0.3, 0.4) is 0 Å². The summed E-state index contributed by atoms with van der Waals surface area (Å²) in [6, 6.07) is 25.5. The van der Waals surface area contributed by atoms with E-state index in [-0.39, 0.29) is 21.5 Å². The maximum Gasteiger partial charge on any atom is 0.260 e. The van der Waals surface area contributed by atoms with E-state index in [9.17, 15) is 9.59 Å². The number of benzene rings is 4. The van der Waals surface area contributed by atoms with Gasteiger partial charge in [0.05, 0.1) is 27.7 Å². The van der Waals surface area contributed by atoms with Gasteiger partial charge in [0.2, 0.25) is 0 Å². The summed E-state index contributed by atoms with van der Waals surface area (Å²) in [7, 11) is 0. The van der Waals surface area contributed by atoms with Crippen LogP contribution in [-0.4, -0.2) is 11.8 Å². The van der Waals surface area contributed by atoms with Crippen LogP contribution >= 0.6 is 34.8 Å². The molecule has 1 heterocycles. The lowest BCUT2D eigenvalue weighted by molar-refractivity contribution is 0.0984. The number of hydrogen-bond acceptors (Lipinski definition) is 2. The summed E-state index contributed by atoms with van der Waals surface area (Å²) in [4.78, 5) is 28.1. The average Bonchev–Trinajstić information content (AvgIpc) is 3.00. The fourth-order valence-corrected chi connectivity index (χ4v) is 4.99. The normalized spacial score (nSPS) is 12.4. The van der Waals surface area contributed by atoms with Crippen LogP contribution in [0.25, 0.3) is 0 Å². The summed E-state index contributed by atoms with van der Waals surface area (Å²) >= 11 is 18.6. The standard InChI is InChI=1S/C28H19Cl3N2O2/c29-20-9-11-22(24(30)14-20)27(34)32-21-10-12-23(25(31)15-21)28(35)33-16-19-7-2-1-5-17(19)13-18-6-3-4-8-26(18)33/h1-12,14-15H,13,16H2,(H,32,34). The van der Waals surface area contributed by atoms with Crippen molar-refractivity contribution in [1.29, 1.82) is 0 Å². The van der Waals surface area contributed by atoms with Gasteiger partial charge in [0.15, 0.2) is 0 Å². The van der Waals surface area contributed by atoms with Crippen LogP contribution < -0.4 is 10.2 Å². The molecule has 4 nitrogen and oxygen atoms in total. The van der Waals surface area contributed by atoms with E-state index in [0.29, 0.717) is 22.8 Å². The third-order valence-electron chi connectivity index (χ3n) is 5.99. The SMILES string of the molecule is O=C(Nc1ccc(C(=O)N2Cc3ccccc3Cc3ccccc32)c(Cl)c1)c1ccc(Cl)cc1Cl. The molecule has 0 spiro atoms. The van der Waals surface area contributed by atoms with Crippen LogP contribution in [0.4, 0.5) is 11.4 Å². The van der Waals surface area contributed by atoms with Crippen molar-refractivity contribution >= 4 is 58.0 Å². The van der Waals surface area contributed by atoms with Crippen LogP contribution in [0.15, 0.2) is 84.9 Å². The van der Waals surface area contributed by atoms with Crippen molar-refractivity contribution in [2.75, 3.05) is 10.2 Å². The third kappa shape index (κ3) is 4.78. The first-order chi connectivity index (χ1) is 16.9. The van der Waals surface area contributed by atoms with Gasteiger partial charge in [-0.05, 0) is 65.6 Å².